The van der Waals surface area contributed by atoms with Crippen molar-refractivity contribution < 1.29 is 18.5 Å². The van der Waals surface area contributed by atoms with Gasteiger partial charge in [-0.3, -0.25) is 19.1 Å². The number of hydrogen-bond acceptors (Lipinski definition) is 7. The topological polar surface area (TPSA) is 96.7 Å². The molecule has 3 rings (SSSR count). The van der Waals surface area contributed by atoms with Gasteiger partial charge in [-0.1, -0.05) is 6.07 Å². The first-order chi connectivity index (χ1) is 13.3. The molecule has 0 saturated heterocycles. The van der Waals surface area contributed by atoms with Crippen LogP contribution < -0.4 is 10.9 Å². The normalized spacial score (nSPS) is 16.6. The number of nitrogens with zero attached hydrogens (tertiary/aromatic N) is 3. The highest BCUT2D eigenvalue weighted by molar-refractivity contribution is 7.94. The maximum absolute atomic E-state index is 13.4. The second-order valence-electron chi connectivity index (χ2n) is 6.47. The summed E-state index contributed by atoms with van der Waals surface area (Å²) in [5.74, 6) is -1.35. The molecule has 1 aliphatic heterocycles. The van der Waals surface area contributed by atoms with Gasteiger partial charge in [-0.05, 0) is 31.7 Å². The highest BCUT2D eigenvalue weighted by Crippen LogP contribution is 2.25. The van der Waals surface area contributed by atoms with Gasteiger partial charge in [0.2, 0.25) is 5.75 Å². The third kappa shape index (κ3) is 3.89. The number of carbonyl (C=O) groups excluding carboxylic acids is 1. The minimum Gasteiger partial charge on any atom is -0.501 e. The van der Waals surface area contributed by atoms with Crippen molar-refractivity contribution in [2.75, 3.05) is 20.7 Å². The van der Waals surface area contributed by atoms with E-state index in [1.165, 1.54) is 29.9 Å². The summed E-state index contributed by atoms with van der Waals surface area (Å²) < 4.78 is 19.8. The number of benzene rings is 1. The Morgan fingerprint density at radius 2 is 2.21 bits per heavy atom. The number of aromatic nitrogens is 2. The maximum Gasteiger partial charge on any atom is 0.296 e. The summed E-state index contributed by atoms with van der Waals surface area (Å²) in [5.41, 5.74) is -0.321. The average molecular weight is 408 g/mol. The summed E-state index contributed by atoms with van der Waals surface area (Å²) in [4.78, 5) is 31.8. The zero-order valence-corrected chi connectivity index (χ0v) is 16.5. The van der Waals surface area contributed by atoms with E-state index in [9.17, 15) is 19.1 Å². The van der Waals surface area contributed by atoms with Gasteiger partial charge in [-0.25, -0.2) is 9.37 Å². The molecule has 1 atom stereocenters. The van der Waals surface area contributed by atoms with Crippen molar-refractivity contribution in [2.45, 2.75) is 31.0 Å². The lowest BCUT2D eigenvalue weighted by molar-refractivity contribution is 0.0939. The Morgan fingerprint density at radius 1 is 1.46 bits per heavy atom. The highest BCUT2D eigenvalue weighted by Gasteiger charge is 2.28. The molecule has 1 amide bonds. The first kappa shape index (κ1) is 20.3. The van der Waals surface area contributed by atoms with E-state index in [1.807, 2.05) is 18.9 Å². The second-order valence-corrected chi connectivity index (χ2v) is 7.41. The van der Waals surface area contributed by atoms with Gasteiger partial charge in [0.25, 0.3) is 11.5 Å². The molecule has 150 valence electrons. The summed E-state index contributed by atoms with van der Waals surface area (Å²) in [5, 5.41) is 12.8. The van der Waals surface area contributed by atoms with Crippen LogP contribution in [0.2, 0.25) is 0 Å². The fraction of sp³-hybridized carbons (Fsp3) is 0.389. The summed E-state index contributed by atoms with van der Waals surface area (Å²) in [6, 6.07) is 3.94. The van der Waals surface area contributed by atoms with Crippen LogP contribution in [-0.2, 0) is 17.3 Å². The van der Waals surface area contributed by atoms with Gasteiger partial charge in [0.05, 0.1) is 13.2 Å². The molecular formula is C18H21FN4O4S. The SMILES string of the molecule is COSc1cc(F)ccc1CNC(=O)c1nc2n(c(=O)c1O)CCN(C)C2C. The Bertz CT molecular complexity index is 965. The smallest absolute Gasteiger partial charge is 0.296 e. The fourth-order valence-corrected chi connectivity index (χ4v) is 3.59. The molecule has 2 heterocycles. The lowest BCUT2D eigenvalue weighted by Crippen LogP contribution is -2.41. The minimum absolute atomic E-state index is 0.0554. The molecule has 0 fully saturated rings. The van der Waals surface area contributed by atoms with Gasteiger partial charge in [-0.2, -0.15) is 0 Å². The Morgan fingerprint density at radius 3 is 2.93 bits per heavy atom. The third-order valence-electron chi connectivity index (χ3n) is 4.74. The van der Waals surface area contributed by atoms with E-state index in [-0.39, 0.29) is 18.3 Å². The fourth-order valence-electron chi connectivity index (χ4n) is 3.00. The van der Waals surface area contributed by atoms with E-state index in [2.05, 4.69) is 10.3 Å². The third-order valence-corrected chi connectivity index (χ3v) is 5.47. The van der Waals surface area contributed by atoms with Crippen LogP contribution in [0.15, 0.2) is 27.9 Å². The lowest BCUT2D eigenvalue weighted by Gasteiger charge is -2.32. The van der Waals surface area contributed by atoms with Crippen LogP contribution in [-0.4, -0.2) is 46.2 Å². The van der Waals surface area contributed by atoms with Crippen molar-refractivity contribution in [3.8, 4) is 5.75 Å². The molecule has 0 bridgehead atoms. The predicted molar refractivity (Wildman–Crippen MR) is 102 cm³/mol. The monoisotopic (exact) mass is 408 g/mol. The van der Waals surface area contributed by atoms with Crippen molar-refractivity contribution in [1.29, 1.82) is 0 Å². The molecule has 1 aromatic heterocycles. The van der Waals surface area contributed by atoms with Crippen LogP contribution in [0.4, 0.5) is 4.39 Å². The van der Waals surface area contributed by atoms with Gasteiger partial charge in [0.1, 0.15) is 11.6 Å². The van der Waals surface area contributed by atoms with Gasteiger partial charge >= 0.3 is 0 Å². The number of nitrogens with one attached hydrogen (secondary N) is 1. The Labute approximate surface area is 165 Å². The Balaban J connectivity index is 1.86. The molecule has 0 radical (unpaired) electrons. The number of carbonyl (C=O) groups is 1. The number of aromatic hydroxyl groups is 1. The standard InChI is InChI=1S/C18H21FN4O4S/c1-10-16-21-14(15(24)18(26)23(16)7-6-22(10)2)17(25)20-9-11-4-5-12(19)8-13(11)28-27-3/h4-5,8,10,24H,6-7,9H2,1-3H3,(H,20,25). The van der Waals surface area contributed by atoms with Crippen LogP contribution in [0.3, 0.4) is 0 Å². The van der Waals surface area contributed by atoms with Crippen LogP contribution in [0, 0.1) is 5.82 Å². The van der Waals surface area contributed by atoms with Gasteiger partial charge < -0.3 is 14.6 Å². The number of likely N-dealkylation sites (N-methyl/N-ethyl adjacent to an activating group) is 1. The largest absolute Gasteiger partial charge is 0.501 e. The van der Waals surface area contributed by atoms with Crippen LogP contribution >= 0.6 is 12.0 Å². The lowest BCUT2D eigenvalue weighted by atomic mass is 10.2. The van der Waals surface area contributed by atoms with Gasteiger partial charge in [-0.15, -0.1) is 0 Å². The summed E-state index contributed by atoms with van der Waals surface area (Å²) in [7, 11) is 3.36. The van der Waals surface area contributed by atoms with E-state index in [0.29, 0.717) is 29.4 Å². The Kier molecular flexibility index (Phi) is 6.01. The number of rotatable bonds is 5. The zero-order chi connectivity index (χ0) is 20.4. The van der Waals surface area contributed by atoms with Crippen molar-refractivity contribution in [1.82, 2.24) is 19.8 Å². The molecule has 0 aliphatic carbocycles. The summed E-state index contributed by atoms with van der Waals surface area (Å²) in [6.07, 6.45) is 0. The van der Waals surface area contributed by atoms with E-state index in [0.717, 1.165) is 12.0 Å². The van der Waals surface area contributed by atoms with Crippen molar-refractivity contribution in [2.24, 2.45) is 0 Å². The van der Waals surface area contributed by atoms with E-state index >= 15 is 0 Å². The van der Waals surface area contributed by atoms with E-state index < -0.39 is 23.0 Å². The van der Waals surface area contributed by atoms with Crippen LogP contribution in [0.25, 0.3) is 0 Å². The highest BCUT2D eigenvalue weighted by atomic mass is 32.2. The molecule has 0 spiro atoms. The first-order valence-electron chi connectivity index (χ1n) is 8.64. The molecule has 1 unspecified atom stereocenters. The number of hydrogen-bond donors (Lipinski definition) is 2. The van der Waals surface area contributed by atoms with Crippen LogP contribution in [0.1, 0.15) is 34.8 Å². The van der Waals surface area contributed by atoms with Gasteiger partial charge in [0, 0.05) is 36.6 Å². The molecule has 2 N–H and O–H groups in total. The predicted octanol–water partition coefficient (Wildman–Crippen LogP) is 1.68. The van der Waals surface area contributed by atoms with Crippen molar-refractivity contribution >= 4 is 17.9 Å². The molecule has 2 aromatic rings. The molecule has 1 aliphatic rings. The zero-order valence-electron chi connectivity index (χ0n) is 15.7. The molecule has 10 heteroatoms. The van der Waals surface area contributed by atoms with Gasteiger partial charge in [0.15, 0.2) is 5.69 Å². The summed E-state index contributed by atoms with van der Waals surface area (Å²) in [6.45, 7) is 2.97. The van der Waals surface area contributed by atoms with E-state index in [1.54, 1.807) is 0 Å². The Hall–Kier alpha value is -2.43. The van der Waals surface area contributed by atoms with Crippen LogP contribution in [0.5, 0.6) is 5.75 Å². The summed E-state index contributed by atoms with van der Waals surface area (Å²) >= 11 is 0.973. The van der Waals surface area contributed by atoms with E-state index in [4.69, 9.17) is 4.18 Å². The first-order valence-corrected chi connectivity index (χ1v) is 9.38. The second kappa shape index (κ2) is 8.29. The molecule has 1 aromatic carbocycles. The van der Waals surface area contributed by atoms with Crippen molar-refractivity contribution in [3.63, 3.8) is 0 Å². The quantitative estimate of drug-likeness (QED) is 0.727. The molecular weight excluding hydrogens is 387 g/mol. The maximum atomic E-state index is 13.4. The molecule has 0 saturated carbocycles. The van der Waals surface area contributed by atoms with Crippen molar-refractivity contribution in [3.05, 3.63) is 51.5 Å². The number of fused-ring (bicyclic) bond motifs is 1. The molecule has 8 nitrogen and oxygen atoms in total. The number of amides is 1. The average Bonchev–Trinajstić information content (AvgIpc) is 2.67. The molecule has 28 heavy (non-hydrogen) atoms. The minimum atomic E-state index is -0.684. The number of halogens is 1.